The van der Waals surface area contributed by atoms with Crippen LogP contribution < -0.4 is 5.32 Å². The summed E-state index contributed by atoms with van der Waals surface area (Å²) >= 11 is 0. The molecule has 0 radical (unpaired) electrons. The number of carbonyl (C=O) groups is 1. The zero-order valence-electron chi connectivity index (χ0n) is 19.3. The summed E-state index contributed by atoms with van der Waals surface area (Å²) in [6.45, 7) is 3.55. The molecule has 0 saturated carbocycles. The number of nitrogens with zero attached hydrogens (tertiary/aromatic N) is 2. The van der Waals surface area contributed by atoms with Crippen LogP contribution in [0.4, 0.5) is 5.69 Å². The van der Waals surface area contributed by atoms with Gasteiger partial charge in [0.25, 0.3) is 0 Å². The number of piperidine rings is 1. The summed E-state index contributed by atoms with van der Waals surface area (Å²) in [5.74, 6) is -0.191. The smallest absolute Gasteiger partial charge is 0.243 e. The molecule has 184 valence electrons. The standard InChI is InChI=1S/C24H31N3O5S2/c1-19-6-2-3-17-27(19)34(31,32)23-13-9-21(10-14-23)25-18-24(28)20-7-11-22(12-8-20)33(29,30)26-15-4-5-16-26/h7-14,19,25H,2-6,15-18H2,1H3. The van der Waals surface area contributed by atoms with E-state index in [4.69, 9.17) is 0 Å². The minimum Gasteiger partial charge on any atom is -0.378 e. The highest BCUT2D eigenvalue weighted by molar-refractivity contribution is 7.89. The predicted octanol–water partition coefficient (Wildman–Crippen LogP) is 3.33. The Labute approximate surface area is 202 Å². The van der Waals surface area contributed by atoms with Crippen LogP contribution in [-0.4, -0.2) is 63.5 Å². The SMILES string of the molecule is CC1CCCCN1S(=O)(=O)c1ccc(NCC(=O)c2ccc(S(=O)(=O)N3CCCC3)cc2)cc1. The molecule has 2 aliphatic heterocycles. The molecule has 2 aromatic rings. The summed E-state index contributed by atoms with van der Waals surface area (Å²) in [5.41, 5.74) is 1.04. The third kappa shape index (κ3) is 5.19. The van der Waals surface area contributed by atoms with E-state index >= 15 is 0 Å². The summed E-state index contributed by atoms with van der Waals surface area (Å²) in [6.07, 6.45) is 4.52. The normalized spacial score (nSPS) is 20.3. The first-order valence-electron chi connectivity index (χ1n) is 11.7. The lowest BCUT2D eigenvalue weighted by molar-refractivity contribution is 0.101. The minimum absolute atomic E-state index is 0.00742. The Morgan fingerprint density at radius 2 is 1.38 bits per heavy atom. The van der Waals surface area contributed by atoms with Gasteiger partial charge in [-0.15, -0.1) is 0 Å². The number of hydrogen-bond donors (Lipinski definition) is 1. The zero-order chi connectivity index (χ0) is 24.3. The van der Waals surface area contributed by atoms with E-state index in [1.54, 1.807) is 28.6 Å². The molecule has 0 aromatic heterocycles. The maximum Gasteiger partial charge on any atom is 0.243 e. The number of rotatable bonds is 8. The molecule has 2 aliphatic rings. The molecule has 2 aromatic carbocycles. The highest BCUT2D eigenvalue weighted by atomic mass is 32.2. The van der Waals surface area contributed by atoms with Crippen molar-refractivity contribution < 1.29 is 21.6 Å². The van der Waals surface area contributed by atoms with E-state index in [0.29, 0.717) is 30.9 Å². The zero-order valence-corrected chi connectivity index (χ0v) is 20.9. The molecule has 2 heterocycles. The lowest BCUT2D eigenvalue weighted by atomic mass is 10.1. The maximum atomic E-state index is 12.9. The van der Waals surface area contributed by atoms with Gasteiger partial charge in [-0.25, -0.2) is 16.8 Å². The highest BCUT2D eigenvalue weighted by Gasteiger charge is 2.31. The minimum atomic E-state index is -3.54. The lowest BCUT2D eigenvalue weighted by Gasteiger charge is -2.32. The Bertz CT molecular complexity index is 1220. The second kappa shape index (κ2) is 10.2. The molecule has 8 nitrogen and oxygen atoms in total. The fraction of sp³-hybridized carbons (Fsp3) is 0.458. The summed E-state index contributed by atoms with van der Waals surface area (Å²) in [6, 6.07) is 12.4. The van der Waals surface area contributed by atoms with Crippen molar-refractivity contribution >= 4 is 31.5 Å². The first-order chi connectivity index (χ1) is 16.2. The van der Waals surface area contributed by atoms with Gasteiger partial charge in [0.2, 0.25) is 20.0 Å². The maximum absolute atomic E-state index is 12.9. The van der Waals surface area contributed by atoms with Crippen LogP contribution in [0.25, 0.3) is 0 Å². The van der Waals surface area contributed by atoms with Gasteiger partial charge in [-0.3, -0.25) is 4.79 Å². The molecule has 2 fully saturated rings. The van der Waals surface area contributed by atoms with Crippen molar-refractivity contribution in [2.75, 3.05) is 31.5 Å². The number of hydrogen-bond acceptors (Lipinski definition) is 6. The van der Waals surface area contributed by atoms with Crippen molar-refractivity contribution in [2.24, 2.45) is 0 Å². The van der Waals surface area contributed by atoms with Gasteiger partial charge >= 0.3 is 0 Å². The number of sulfonamides is 2. The van der Waals surface area contributed by atoms with Crippen molar-refractivity contribution in [2.45, 2.75) is 54.9 Å². The molecule has 2 saturated heterocycles. The highest BCUT2D eigenvalue weighted by Crippen LogP contribution is 2.26. The Balaban J connectivity index is 1.37. The van der Waals surface area contributed by atoms with Gasteiger partial charge in [-0.1, -0.05) is 6.42 Å². The van der Waals surface area contributed by atoms with Gasteiger partial charge in [-0.05, 0) is 81.1 Å². The van der Waals surface area contributed by atoms with Gasteiger partial charge in [-0.2, -0.15) is 8.61 Å². The molecule has 34 heavy (non-hydrogen) atoms. The van der Waals surface area contributed by atoms with Crippen LogP contribution in [0.5, 0.6) is 0 Å². The number of carbonyl (C=O) groups excluding carboxylic acids is 1. The molecule has 0 aliphatic carbocycles. The first kappa shape index (κ1) is 24.8. The Kier molecular flexibility index (Phi) is 7.42. The largest absolute Gasteiger partial charge is 0.378 e. The van der Waals surface area contributed by atoms with E-state index in [9.17, 15) is 21.6 Å². The van der Waals surface area contributed by atoms with Crippen molar-refractivity contribution in [3.8, 4) is 0 Å². The number of ketones is 1. The Hall–Kier alpha value is -2.27. The topological polar surface area (TPSA) is 104 Å². The lowest BCUT2D eigenvalue weighted by Crippen LogP contribution is -2.41. The van der Waals surface area contributed by atoms with E-state index in [2.05, 4.69) is 5.32 Å². The van der Waals surface area contributed by atoms with Crippen LogP contribution in [0.2, 0.25) is 0 Å². The molecule has 0 spiro atoms. The van der Waals surface area contributed by atoms with E-state index in [1.807, 2.05) is 6.92 Å². The average molecular weight is 506 g/mol. The van der Waals surface area contributed by atoms with Crippen LogP contribution in [-0.2, 0) is 20.0 Å². The Morgan fingerprint density at radius 1 is 0.824 bits per heavy atom. The summed E-state index contributed by atoms with van der Waals surface area (Å²) in [5, 5.41) is 3.02. The van der Waals surface area contributed by atoms with Gasteiger partial charge in [0.1, 0.15) is 0 Å². The van der Waals surface area contributed by atoms with Gasteiger partial charge < -0.3 is 5.32 Å². The third-order valence-corrected chi connectivity index (χ3v) is 10.5. The molecule has 10 heteroatoms. The summed E-state index contributed by atoms with van der Waals surface area (Å²) < 4.78 is 54.2. The molecule has 4 rings (SSSR count). The number of Topliss-reactive ketones (excluding diaryl/α,β-unsaturated/α-hetero) is 1. The number of anilines is 1. The van der Waals surface area contributed by atoms with Crippen LogP contribution >= 0.6 is 0 Å². The van der Waals surface area contributed by atoms with E-state index in [-0.39, 0.29) is 28.2 Å². The van der Waals surface area contributed by atoms with Crippen LogP contribution in [0, 0.1) is 0 Å². The van der Waals surface area contributed by atoms with Gasteiger partial charge in [0, 0.05) is 36.9 Å². The van der Waals surface area contributed by atoms with Gasteiger partial charge in [0.15, 0.2) is 5.78 Å². The van der Waals surface area contributed by atoms with E-state index in [0.717, 1.165) is 32.1 Å². The summed E-state index contributed by atoms with van der Waals surface area (Å²) in [4.78, 5) is 13.0. The number of nitrogens with one attached hydrogen (secondary N) is 1. The Morgan fingerprint density at radius 3 is 2.00 bits per heavy atom. The average Bonchev–Trinajstić information content (AvgIpc) is 3.39. The van der Waals surface area contributed by atoms with Crippen molar-refractivity contribution in [1.82, 2.24) is 8.61 Å². The fourth-order valence-electron chi connectivity index (χ4n) is 4.48. The number of benzene rings is 2. The molecular weight excluding hydrogens is 474 g/mol. The summed E-state index contributed by atoms with van der Waals surface area (Å²) in [7, 11) is -7.05. The second-order valence-electron chi connectivity index (χ2n) is 8.90. The van der Waals surface area contributed by atoms with Crippen LogP contribution in [0.1, 0.15) is 49.4 Å². The molecule has 1 atom stereocenters. The third-order valence-electron chi connectivity index (χ3n) is 6.54. The predicted molar refractivity (Wildman–Crippen MR) is 131 cm³/mol. The van der Waals surface area contributed by atoms with Crippen molar-refractivity contribution in [3.05, 3.63) is 54.1 Å². The molecule has 0 bridgehead atoms. The first-order valence-corrected chi connectivity index (χ1v) is 14.6. The molecule has 1 unspecified atom stereocenters. The molecule has 1 N–H and O–H groups in total. The second-order valence-corrected chi connectivity index (χ2v) is 12.7. The van der Waals surface area contributed by atoms with E-state index in [1.165, 1.54) is 28.6 Å². The van der Waals surface area contributed by atoms with Crippen LogP contribution in [0.3, 0.4) is 0 Å². The van der Waals surface area contributed by atoms with E-state index < -0.39 is 20.0 Å². The fourth-order valence-corrected chi connectivity index (χ4v) is 7.70. The van der Waals surface area contributed by atoms with Crippen molar-refractivity contribution in [3.63, 3.8) is 0 Å². The van der Waals surface area contributed by atoms with Crippen molar-refractivity contribution in [1.29, 1.82) is 0 Å². The van der Waals surface area contributed by atoms with Gasteiger partial charge in [0.05, 0.1) is 16.3 Å². The monoisotopic (exact) mass is 505 g/mol. The quantitative estimate of drug-likeness (QED) is 0.552. The molecule has 0 amide bonds. The molecular formula is C24H31N3O5S2. The van der Waals surface area contributed by atoms with Crippen LogP contribution in [0.15, 0.2) is 58.3 Å².